The van der Waals surface area contributed by atoms with Gasteiger partial charge in [-0.1, -0.05) is 27.2 Å². The van der Waals surface area contributed by atoms with Gasteiger partial charge in [-0.25, -0.2) is 4.98 Å². The fourth-order valence-electron chi connectivity index (χ4n) is 4.72. The summed E-state index contributed by atoms with van der Waals surface area (Å²) in [5.41, 5.74) is 0.171. The van der Waals surface area contributed by atoms with Gasteiger partial charge in [0.25, 0.3) is 11.5 Å². The Labute approximate surface area is 194 Å². The molecule has 1 aliphatic rings. The number of nitrogens with zero attached hydrogens (tertiary/aromatic N) is 3. The van der Waals surface area contributed by atoms with Crippen molar-refractivity contribution in [2.45, 2.75) is 79.1 Å². The van der Waals surface area contributed by atoms with E-state index in [-0.39, 0.29) is 40.6 Å². The number of aryl methyl sites for hydroxylation is 1. The number of nitrogens with one attached hydrogen (secondary N) is 1. The average molecular weight is 455 g/mol. The number of fused-ring (bicyclic) bond motifs is 1. The molecule has 1 unspecified atom stereocenters. The van der Waals surface area contributed by atoms with E-state index in [9.17, 15) is 9.59 Å². The molecule has 3 aromatic rings. The van der Waals surface area contributed by atoms with Crippen molar-refractivity contribution in [1.29, 1.82) is 0 Å². The third kappa shape index (κ3) is 5.05. The maximum absolute atomic E-state index is 13.0. The van der Waals surface area contributed by atoms with E-state index < -0.39 is 0 Å². The monoisotopic (exact) mass is 454 g/mol. The lowest BCUT2D eigenvalue weighted by molar-refractivity contribution is 0.0946. The summed E-state index contributed by atoms with van der Waals surface area (Å²) in [5.74, 6) is 1.88. The zero-order chi connectivity index (χ0) is 23.5. The molecule has 0 aliphatic carbocycles. The minimum Gasteiger partial charge on any atom is -0.463 e. The number of hydrogen-bond donors (Lipinski definition) is 1. The molecule has 1 N–H and O–H groups in total. The van der Waals surface area contributed by atoms with Crippen LogP contribution in [-0.2, 0) is 19.6 Å². The summed E-state index contributed by atoms with van der Waals surface area (Å²) < 4.78 is 13.1. The predicted molar refractivity (Wildman–Crippen MR) is 126 cm³/mol. The van der Waals surface area contributed by atoms with E-state index in [1.54, 1.807) is 6.92 Å². The van der Waals surface area contributed by atoms with Gasteiger partial charge in [-0.05, 0) is 50.8 Å². The Hall–Kier alpha value is -2.87. The van der Waals surface area contributed by atoms with Crippen LogP contribution in [0.5, 0.6) is 0 Å². The Morgan fingerprint density at radius 3 is 2.79 bits per heavy atom. The average Bonchev–Trinajstić information content (AvgIpc) is 3.38. The van der Waals surface area contributed by atoms with E-state index in [0.717, 1.165) is 25.3 Å². The largest absolute Gasteiger partial charge is 0.463 e. The summed E-state index contributed by atoms with van der Waals surface area (Å²) in [6.45, 7) is 10.6. The normalized spacial score (nSPS) is 17.2. The Kier molecular flexibility index (Phi) is 7.02. The highest BCUT2D eigenvalue weighted by Gasteiger charge is 2.24. The van der Waals surface area contributed by atoms with Crippen molar-refractivity contribution >= 4 is 17.0 Å². The second-order valence-electron chi connectivity index (χ2n) is 9.39. The molecule has 0 saturated carbocycles. The number of piperidine rings is 1. The van der Waals surface area contributed by atoms with Crippen molar-refractivity contribution < 1.29 is 13.6 Å². The molecule has 33 heavy (non-hydrogen) atoms. The van der Waals surface area contributed by atoms with Gasteiger partial charge >= 0.3 is 0 Å². The maximum atomic E-state index is 13.0. The van der Waals surface area contributed by atoms with Crippen molar-refractivity contribution in [3.63, 3.8) is 0 Å². The van der Waals surface area contributed by atoms with E-state index in [2.05, 4.69) is 22.1 Å². The molecular formula is C25H34N4O4. The van der Waals surface area contributed by atoms with Gasteiger partial charge in [0.05, 0.1) is 18.7 Å². The number of furan rings is 2. The summed E-state index contributed by atoms with van der Waals surface area (Å²) in [4.78, 5) is 32.7. The highest BCUT2D eigenvalue weighted by molar-refractivity contribution is 6.06. The van der Waals surface area contributed by atoms with Crippen molar-refractivity contribution in [2.24, 2.45) is 5.92 Å². The molecule has 0 radical (unpaired) electrons. The van der Waals surface area contributed by atoms with Gasteiger partial charge in [0.15, 0.2) is 0 Å². The molecule has 1 fully saturated rings. The number of amides is 1. The third-order valence-corrected chi connectivity index (χ3v) is 6.36. The topological polar surface area (TPSA) is 93.5 Å². The van der Waals surface area contributed by atoms with E-state index in [4.69, 9.17) is 8.83 Å². The number of carbonyl (C=O) groups excluding carboxylic acids is 1. The summed E-state index contributed by atoms with van der Waals surface area (Å²) in [6, 6.07) is 4.49. The standard InChI is InChI=1S/C25H34N4O4/c1-5-18-8-6-7-11-28(18)14-20-10-9-19(33-20)12-26-23(30)21-17(4)32-24-22(21)25(31)29(15-27-24)13-16(2)3/h9-10,15-16,18H,5-8,11-14H2,1-4H3,(H,26,30). The quantitative estimate of drug-likeness (QED) is 0.547. The lowest BCUT2D eigenvalue weighted by Gasteiger charge is -2.34. The molecule has 0 spiro atoms. The molecule has 4 heterocycles. The fraction of sp³-hybridized carbons (Fsp3) is 0.560. The van der Waals surface area contributed by atoms with Crippen LogP contribution in [0.2, 0.25) is 0 Å². The number of likely N-dealkylation sites (tertiary alicyclic amines) is 1. The molecular weight excluding hydrogens is 420 g/mol. The van der Waals surface area contributed by atoms with Crippen molar-refractivity contribution in [2.75, 3.05) is 6.54 Å². The molecule has 8 nitrogen and oxygen atoms in total. The summed E-state index contributed by atoms with van der Waals surface area (Å²) in [7, 11) is 0. The first-order valence-corrected chi connectivity index (χ1v) is 12.0. The zero-order valence-electron chi connectivity index (χ0n) is 20.0. The van der Waals surface area contributed by atoms with Crippen LogP contribution < -0.4 is 10.9 Å². The smallest absolute Gasteiger partial charge is 0.265 e. The van der Waals surface area contributed by atoms with Gasteiger partial charge in [0, 0.05) is 12.6 Å². The molecule has 178 valence electrons. The number of aromatic nitrogens is 2. The highest BCUT2D eigenvalue weighted by atomic mass is 16.3. The van der Waals surface area contributed by atoms with E-state index in [1.165, 1.54) is 30.2 Å². The van der Waals surface area contributed by atoms with Crippen LogP contribution >= 0.6 is 0 Å². The van der Waals surface area contributed by atoms with E-state index >= 15 is 0 Å². The van der Waals surface area contributed by atoms with Crippen LogP contribution in [0.4, 0.5) is 0 Å². The predicted octanol–water partition coefficient (Wildman–Crippen LogP) is 4.24. The highest BCUT2D eigenvalue weighted by Crippen LogP contribution is 2.23. The van der Waals surface area contributed by atoms with Gasteiger partial charge in [-0.15, -0.1) is 0 Å². The Morgan fingerprint density at radius 2 is 2.03 bits per heavy atom. The Morgan fingerprint density at radius 1 is 1.24 bits per heavy atom. The van der Waals surface area contributed by atoms with E-state index in [1.807, 2.05) is 26.0 Å². The van der Waals surface area contributed by atoms with Gasteiger partial charge < -0.3 is 14.2 Å². The molecule has 1 atom stereocenters. The van der Waals surface area contributed by atoms with Gasteiger partial charge in [0.2, 0.25) is 5.71 Å². The van der Waals surface area contributed by atoms with Crippen LogP contribution in [0.25, 0.3) is 11.1 Å². The summed E-state index contributed by atoms with van der Waals surface area (Å²) >= 11 is 0. The molecule has 1 saturated heterocycles. The lowest BCUT2D eigenvalue weighted by Crippen LogP contribution is -2.38. The first-order valence-electron chi connectivity index (χ1n) is 12.0. The Balaban J connectivity index is 1.46. The van der Waals surface area contributed by atoms with E-state index in [0.29, 0.717) is 24.1 Å². The minimum atomic E-state index is -0.368. The molecule has 4 rings (SSSR count). The molecule has 0 aromatic carbocycles. The molecule has 1 aliphatic heterocycles. The van der Waals surface area contributed by atoms with Gasteiger partial charge in [0.1, 0.15) is 29.0 Å². The maximum Gasteiger partial charge on any atom is 0.265 e. The van der Waals surface area contributed by atoms with Gasteiger partial charge in [-0.2, -0.15) is 0 Å². The van der Waals surface area contributed by atoms with Crippen LogP contribution in [-0.4, -0.2) is 32.9 Å². The number of rotatable bonds is 8. The van der Waals surface area contributed by atoms with Crippen LogP contribution in [0.15, 0.2) is 32.1 Å². The number of carbonyl (C=O) groups is 1. The minimum absolute atomic E-state index is 0.190. The van der Waals surface area contributed by atoms with Crippen LogP contribution in [0.1, 0.15) is 74.1 Å². The summed E-state index contributed by atoms with van der Waals surface area (Å²) in [6.07, 6.45) is 6.39. The summed E-state index contributed by atoms with van der Waals surface area (Å²) in [5, 5.41) is 3.10. The van der Waals surface area contributed by atoms with Crippen molar-refractivity contribution in [3.05, 3.63) is 51.7 Å². The first kappa shape index (κ1) is 23.3. The Bertz CT molecular complexity index is 1170. The zero-order valence-corrected chi connectivity index (χ0v) is 20.0. The lowest BCUT2D eigenvalue weighted by atomic mass is 10.00. The molecule has 1 amide bonds. The second kappa shape index (κ2) is 9.95. The first-order chi connectivity index (χ1) is 15.9. The fourth-order valence-corrected chi connectivity index (χ4v) is 4.72. The van der Waals surface area contributed by atoms with Gasteiger partial charge in [-0.3, -0.25) is 19.1 Å². The third-order valence-electron chi connectivity index (χ3n) is 6.36. The molecule has 3 aromatic heterocycles. The van der Waals surface area contributed by atoms with Crippen molar-refractivity contribution in [3.8, 4) is 0 Å². The van der Waals surface area contributed by atoms with Crippen LogP contribution in [0.3, 0.4) is 0 Å². The second-order valence-corrected chi connectivity index (χ2v) is 9.39. The number of hydrogen-bond acceptors (Lipinski definition) is 6. The molecule has 0 bridgehead atoms. The SMILES string of the molecule is CCC1CCCCN1Cc1ccc(CNC(=O)c2c(C)oc3ncn(CC(C)C)c(=O)c23)o1. The molecule has 8 heteroatoms. The van der Waals surface area contributed by atoms with Crippen molar-refractivity contribution in [1.82, 2.24) is 19.8 Å². The van der Waals surface area contributed by atoms with Crippen LogP contribution in [0, 0.1) is 12.8 Å².